The van der Waals surface area contributed by atoms with Crippen LogP contribution in [0.15, 0.2) is 70.0 Å². The van der Waals surface area contributed by atoms with E-state index in [1.165, 1.54) is 24.3 Å². The third-order valence-electron chi connectivity index (χ3n) is 4.46. The predicted octanol–water partition coefficient (Wildman–Crippen LogP) is 5.29. The Morgan fingerprint density at radius 1 is 1.06 bits per heavy atom. The van der Waals surface area contributed by atoms with Gasteiger partial charge in [0.05, 0.1) is 15.8 Å². The molecule has 3 rings (SSSR count). The van der Waals surface area contributed by atoms with Gasteiger partial charge in [-0.3, -0.25) is 4.79 Å². The average molecular weight is 524 g/mol. The number of aryl methyl sites for hydroxylation is 1. The Bertz CT molecular complexity index is 1210. The second-order valence-corrected chi connectivity index (χ2v) is 9.62. The molecule has 31 heavy (non-hydrogen) atoms. The summed E-state index contributed by atoms with van der Waals surface area (Å²) in [4.78, 5) is 12.4. The number of anilines is 1. The highest BCUT2D eigenvalue weighted by Gasteiger charge is 2.12. The molecule has 6 nitrogen and oxygen atoms in total. The van der Waals surface area contributed by atoms with Crippen molar-refractivity contribution in [1.29, 1.82) is 0 Å². The number of nitrogens with two attached hydrogens (primary N) is 1. The molecule has 3 N–H and O–H groups in total. The molecular formula is C22H20BrClN2O4S. The molecule has 0 aliphatic heterocycles. The number of nitrogens with one attached hydrogen (secondary N) is 1. The third kappa shape index (κ3) is 6.30. The number of primary sulfonamides is 1. The number of carbonyl (C=O) groups excluding carboxylic acids is 1. The first kappa shape index (κ1) is 23.3. The highest BCUT2D eigenvalue weighted by atomic mass is 79.9. The molecule has 3 aromatic carbocycles. The number of rotatable bonds is 7. The van der Waals surface area contributed by atoms with E-state index in [1.807, 2.05) is 31.2 Å². The molecular weight excluding hydrogens is 504 g/mol. The summed E-state index contributed by atoms with van der Waals surface area (Å²) in [6, 6.07) is 16.6. The molecule has 0 saturated heterocycles. The first-order chi connectivity index (χ1) is 14.7. The van der Waals surface area contributed by atoms with Gasteiger partial charge in [0.1, 0.15) is 11.5 Å². The van der Waals surface area contributed by atoms with Gasteiger partial charge in [-0.2, -0.15) is 0 Å². The number of sulfonamides is 1. The maximum Gasteiger partial charge on any atom is 0.238 e. The quantitative estimate of drug-likeness (QED) is 0.440. The first-order valence-corrected chi connectivity index (χ1v) is 12.0. The van der Waals surface area contributed by atoms with Gasteiger partial charge in [-0.05, 0) is 75.9 Å². The van der Waals surface area contributed by atoms with Crippen molar-refractivity contribution in [1.82, 2.24) is 0 Å². The third-order valence-corrected chi connectivity index (χ3v) is 6.28. The maximum absolute atomic E-state index is 12.5. The fraction of sp³-hybridized carbons (Fsp3) is 0.136. The van der Waals surface area contributed by atoms with Gasteiger partial charge in [0.2, 0.25) is 15.9 Å². The van der Waals surface area contributed by atoms with E-state index in [0.29, 0.717) is 22.2 Å². The SMILES string of the molecule is CCc1ccc(CC(=O)Nc2ccc(S(N)(=O)=O)cc2)cc1Oc1cc(Cl)ccc1Br. The van der Waals surface area contributed by atoms with E-state index in [4.69, 9.17) is 21.5 Å². The predicted molar refractivity (Wildman–Crippen MR) is 125 cm³/mol. The lowest BCUT2D eigenvalue weighted by Crippen LogP contribution is -2.15. The minimum atomic E-state index is -3.78. The molecule has 0 unspecified atom stereocenters. The number of hydrogen-bond acceptors (Lipinski definition) is 4. The van der Waals surface area contributed by atoms with Gasteiger partial charge >= 0.3 is 0 Å². The molecule has 0 atom stereocenters. The van der Waals surface area contributed by atoms with E-state index in [9.17, 15) is 13.2 Å². The van der Waals surface area contributed by atoms with E-state index in [0.717, 1.165) is 22.0 Å². The molecule has 0 aliphatic rings. The van der Waals surface area contributed by atoms with E-state index < -0.39 is 10.0 Å². The van der Waals surface area contributed by atoms with Gasteiger partial charge < -0.3 is 10.1 Å². The smallest absolute Gasteiger partial charge is 0.238 e. The second-order valence-electron chi connectivity index (χ2n) is 6.77. The molecule has 0 saturated carbocycles. The van der Waals surface area contributed by atoms with Crippen LogP contribution in [0.3, 0.4) is 0 Å². The molecule has 0 spiro atoms. The van der Waals surface area contributed by atoms with Crippen molar-refractivity contribution in [2.75, 3.05) is 5.32 Å². The molecule has 0 bridgehead atoms. The zero-order valence-electron chi connectivity index (χ0n) is 16.6. The molecule has 0 radical (unpaired) electrons. The van der Waals surface area contributed by atoms with Gasteiger partial charge in [-0.15, -0.1) is 0 Å². The Morgan fingerprint density at radius 2 is 1.77 bits per heavy atom. The highest BCUT2D eigenvalue weighted by Crippen LogP contribution is 2.34. The number of hydrogen-bond donors (Lipinski definition) is 2. The zero-order chi connectivity index (χ0) is 22.6. The lowest BCUT2D eigenvalue weighted by Gasteiger charge is -2.14. The van der Waals surface area contributed by atoms with Gasteiger partial charge in [-0.25, -0.2) is 13.6 Å². The Balaban J connectivity index is 1.75. The highest BCUT2D eigenvalue weighted by molar-refractivity contribution is 9.10. The maximum atomic E-state index is 12.5. The fourth-order valence-electron chi connectivity index (χ4n) is 2.89. The zero-order valence-corrected chi connectivity index (χ0v) is 19.7. The Hall–Kier alpha value is -2.39. The number of carbonyl (C=O) groups is 1. The molecule has 1 amide bonds. The minimum Gasteiger partial charge on any atom is -0.456 e. The van der Waals surface area contributed by atoms with Crippen LogP contribution in [0.4, 0.5) is 5.69 Å². The molecule has 0 aromatic heterocycles. The largest absolute Gasteiger partial charge is 0.456 e. The van der Waals surface area contributed by atoms with Crippen LogP contribution in [0.1, 0.15) is 18.1 Å². The molecule has 0 fully saturated rings. The van der Waals surface area contributed by atoms with Crippen LogP contribution in [0.2, 0.25) is 5.02 Å². The van der Waals surface area contributed by atoms with Crippen LogP contribution in [0.25, 0.3) is 0 Å². The van der Waals surface area contributed by atoms with Crippen molar-refractivity contribution in [3.8, 4) is 11.5 Å². The summed E-state index contributed by atoms with van der Waals surface area (Å²) < 4.78 is 29.5. The Labute approximate surface area is 194 Å². The summed E-state index contributed by atoms with van der Waals surface area (Å²) in [6.07, 6.45) is 0.879. The van der Waals surface area contributed by atoms with E-state index in [-0.39, 0.29) is 17.2 Å². The van der Waals surface area contributed by atoms with E-state index in [2.05, 4.69) is 21.2 Å². The van der Waals surface area contributed by atoms with Gasteiger partial charge in [0, 0.05) is 16.8 Å². The summed E-state index contributed by atoms with van der Waals surface area (Å²) in [5.41, 5.74) is 2.24. The van der Waals surface area contributed by atoms with Crippen molar-refractivity contribution in [3.63, 3.8) is 0 Å². The Kier molecular flexibility index (Phi) is 7.38. The lowest BCUT2D eigenvalue weighted by molar-refractivity contribution is -0.115. The van der Waals surface area contributed by atoms with Crippen molar-refractivity contribution in [2.45, 2.75) is 24.7 Å². The molecule has 3 aromatic rings. The van der Waals surface area contributed by atoms with Gasteiger partial charge in [0.25, 0.3) is 0 Å². The van der Waals surface area contributed by atoms with Crippen LogP contribution in [0, 0.1) is 0 Å². The van der Waals surface area contributed by atoms with Crippen LogP contribution < -0.4 is 15.2 Å². The van der Waals surface area contributed by atoms with Crippen LogP contribution in [-0.2, 0) is 27.7 Å². The number of ether oxygens (including phenoxy) is 1. The normalized spacial score (nSPS) is 11.2. The number of benzene rings is 3. The molecule has 0 heterocycles. The van der Waals surface area contributed by atoms with Crippen molar-refractivity contribution >= 4 is 49.1 Å². The first-order valence-electron chi connectivity index (χ1n) is 9.33. The van der Waals surface area contributed by atoms with Gasteiger partial charge in [-0.1, -0.05) is 30.7 Å². The summed E-state index contributed by atoms with van der Waals surface area (Å²) in [5, 5.41) is 8.38. The van der Waals surface area contributed by atoms with Crippen LogP contribution >= 0.6 is 27.5 Å². The average Bonchev–Trinajstić information content (AvgIpc) is 2.70. The fourth-order valence-corrected chi connectivity index (χ4v) is 3.89. The van der Waals surface area contributed by atoms with Crippen molar-refractivity contribution < 1.29 is 17.9 Å². The van der Waals surface area contributed by atoms with Gasteiger partial charge in [0.15, 0.2) is 0 Å². The summed E-state index contributed by atoms with van der Waals surface area (Å²) in [7, 11) is -3.78. The lowest BCUT2D eigenvalue weighted by atomic mass is 10.1. The minimum absolute atomic E-state index is 0.0189. The van der Waals surface area contributed by atoms with Crippen molar-refractivity contribution in [2.24, 2.45) is 5.14 Å². The van der Waals surface area contributed by atoms with Crippen molar-refractivity contribution in [3.05, 3.63) is 81.3 Å². The monoisotopic (exact) mass is 522 g/mol. The van der Waals surface area contributed by atoms with Crippen LogP contribution in [-0.4, -0.2) is 14.3 Å². The number of halogens is 2. The van der Waals surface area contributed by atoms with Crippen LogP contribution in [0.5, 0.6) is 11.5 Å². The summed E-state index contributed by atoms with van der Waals surface area (Å²) in [6.45, 7) is 2.02. The standard InChI is InChI=1S/C22H20BrClN2O4S/c1-2-15-4-3-14(11-20(15)30-21-13-16(24)5-10-19(21)23)12-22(27)26-17-6-8-18(9-7-17)31(25,28)29/h3-11,13H,2,12H2,1H3,(H,26,27)(H2,25,28,29). The van der Waals surface area contributed by atoms with E-state index >= 15 is 0 Å². The molecule has 0 aliphatic carbocycles. The molecule has 9 heteroatoms. The summed E-state index contributed by atoms with van der Waals surface area (Å²) in [5.74, 6) is 0.981. The Morgan fingerprint density at radius 3 is 2.42 bits per heavy atom. The summed E-state index contributed by atoms with van der Waals surface area (Å²) >= 11 is 9.53. The van der Waals surface area contributed by atoms with E-state index in [1.54, 1.807) is 12.1 Å². The topological polar surface area (TPSA) is 98.5 Å². The second kappa shape index (κ2) is 9.82. The number of amides is 1. The molecule has 162 valence electrons.